The van der Waals surface area contributed by atoms with Gasteiger partial charge in [-0.05, 0) is 38.0 Å². The van der Waals surface area contributed by atoms with E-state index in [0.29, 0.717) is 6.61 Å². The highest BCUT2D eigenvalue weighted by atomic mass is 16.5. The third kappa shape index (κ3) is 4.06. The Labute approximate surface area is 138 Å². The van der Waals surface area contributed by atoms with Crippen molar-refractivity contribution < 1.29 is 9.53 Å². The van der Waals surface area contributed by atoms with Crippen molar-refractivity contribution >= 4 is 16.8 Å². The van der Waals surface area contributed by atoms with Crippen LogP contribution in [0.1, 0.15) is 56.9 Å². The van der Waals surface area contributed by atoms with Crippen LogP contribution in [0.15, 0.2) is 24.3 Å². The van der Waals surface area contributed by atoms with Gasteiger partial charge in [0.25, 0.3) is 5.91 Å². The first kappa shape index (κ1) is 17.4. The van der Waals surface area contributed by atoms with Crippen LogP contribution in [0.4, 0.5) is 0 Å². The van der Waals surface area contributed by atoms with Crippen molar-refractivity contribution in [3.8, 4) is 5.75 Å². The third-order valence-electron chi connectivity index (χ3n) is 3.95. The molecule has 0 spiro atoms. The van der Waals surface area contributed by atoms with E-state index >= 15 is 0 Å². The number of amides is 1. The van der Waals surface area contributed by atoms with Crippen LogP contribution >= 0.6 is 0 Å². The number of nitrogens with zero attached hydrogens (tertiary/aromatic N) is 1. The molecule has 126 valence electrons. The van der Waals surface area contributed by atoms with Crippen molar-refractivity contribution in [2.24, 2.45) is 0 Å². The minimum absolute atomic E-state index is 0.00759. The topological polar surface area (TPSA) is 43.3 Å². The number of carbonyl (C=O) groups excluding carboxylic acids is 1. The highest BCUT2D eigenvalue weighted by Crippen LogP contribution is 2.29. The average molecular weight is 316 g/mol. The number of benzene rings is 1. The van der Waals surface area contributed by atoms with Gasteiger partial charge in [-0.2, -0.15) is 0 Å². The summed E-state index contributed by atoms with van der Waals surface area (Å²) >= 11 is 0. The molecule has 2 rings (SSSR count). The number of aryl methyl sites for hydroxylation is 1. The Kier molecular flexibility index (Phi) is 6.51. The Morgan fingerprint density at radius 1 is 1.17 bits per heavy atom. The van der Waals surface area contributed by atoms with E-state index in [4.69, 9.17) is 4.74 Å². The lowest BCUT2D eigenvalue weighted by Gasteiger charge is -2.10. The largest absolute Gasteiger partial charge is 0.493 e. The van der Waals surface area contributed by atoms with Crippen LogP contribution in [-0.2, 0) is 6.54 Å². The van der Waals surface area contributed by atoms with Crippen LogP contribution in [0.2, 0.25) is 0 Å². The number of hydrogen-bond acceptors (Lipinski definition) is 2. The van der Waals surface area contributed by atoms with E-state index in [1.54, 1.807) is 0 Å². The maximum atomic E-state index is 12.6. The molecule has 0 saturated carbocycles. The molecule has 0 saturated heterocycles. The fraction of sp³-hybridized carbons (Fsp3) is 0.526. The molecule has 0 fully saturated rings. The summed E-state index contributed by atoms with van der Waals surface area (Å²) in [4.78, 5) is 12.6. The summed E-state index contributed by atoms with van der Waals surface area (Å²) in [6.45, 7) is 8.45. The minimum atomic E-state index is 0.00759. The standard InChI is InChI=1S/C19H28N2O2/c1-4-7-8-12-20-19(22)17-14-15-16(21(17)13-5-2)10-9-11-18(15)23-6-3/h9-11,14H,4-8,12-13H2,1-3H3,(H,20,22). The second-order valence-electron chi connectivity index (χ2n) is 5.77. The van der Waals surface area contributed by atoms with Gasteiger partial charge in [-0.3, -0.25) is 4.79 Å². The molecule has 2 aromatic rings. The lowest BCUT2D eigenvalue weighted by atomic mass is 10.2. The Morgan fingerprint density at radius 2 is 2.00 bits per heavy atom. The van der Waals surface area contributed by atoms with Gasteiger partial charge in [-0.15, -0.1) is 0 Å². The summed E-state index contributed by atoms with van der Waals surface area (Å²) in [7, 11) is 0. The van der Waals surface area contributed by atoms with Crippen LogP contribution in [0, 0.1) is 0 Å². The molecule has 0 radical (unpaired) electrons. The van der Waals surface area contributed by atoms with Gasteiger partial charge >= 0.3 is 0 Å². The third-order valence-corrected chi connectivity index (χ3v) is 3.95. The smallest absolute Gasteiger partial charge is 0.267 e. The van der Waals surface area contributed by atoms with Crippen molar-refractivity contribution in [3.05, 3.63) is 30.0 Å². The zero-order valence-electron chi connectivity index (χ0n) is 14.5. The first-order valence-corrected chi connectivity index (χ1v) is 8.76. The maximum Gasteiger partial charge on any atom is 0.267 e. The molecule has 0 atom stereocenters. The number of hydrogen-bond donors (Lipinski definition) is 1. The Bertz CT molecular complexity index is 646. The van der Waals surface area contributed by atoms with Crippen molar-refractivity contribution in [1.82, 2.24) is 9.88 Å². The summed E-state index contributed by atoms with van der Waals surface area (Å²) in [5, 5.41) is 4.06. The maximum absolute atomic E-state index is 12.6. The molecule has 1 N–H and O–H groups in total. The van der Waals surface area contributed by atoms with Gasteiger partial charge in [-0.25, -0.2) is 0 Å². The van der Waals surface area contributed by atoms with E-state index in [1.807, 2.05) is 25.1 Å². The fourth-order valence-corrected chi connectivity index (χ4v) is 2.86. The van der Waals surface area contributed by atoms with Gasteiger partial charge in [0.1, 0.15) is 11.4 Å². The predicted molar refractivity (Wildman–Crippen MR) is 95.3 cm³/mol. The van der Waals surface area contributed by atoms with Crippen LogP contribution in [-0.4, -0.2) is 23.6 Å². The second-order valence-corrected chi connectivity index (χ2v) is 5.77. The lowest BCUT2D eigenvalue weighted by molar-refractivity contribution is 0.0944. The fourth-order valence-electron chi connectivity index (χ4n) is 2.86. The van der Waals surface area contributed by atoms with E-state index in [0.717, 1.165) is 61.1 Å². The van der Waals surface area contributed by atoms with E-state index in [-0.39, 0.29) is 5.91 Å². The quantitative estimate of drug-likeness (QED) is 0.698. The SMILES string of the molecule is CCCCCNC(=O)c1cc2c(OCC)cccc2n1CCC. The Balaban J connectivity index is 2.32. The molecule has 23 heavy (non-hydrogen) atoms. The second kappa shape index (κ2) is 8.61. The number of aromatic nitrogens is 1. The molecule has 0 aliphatic rings. The van der Waals surface area contributed by atoms with Gasteiger partial charge in [-0.1, -0.05) is 32.8 Å². The highest BCUT2D eigenvalue weighted by Gasteiger charge is 2.17. The molecular weight excluding hydrogens is 288 g/mol. The molecular formula is C19H28N2O2. The summed E-state index contributed by atoms with van der Waals surface area (Å²) < 4.78 is 7.82. The Hall–Kier alpha value is -1.97. The van der Waals surface area contributed by atoms with Crippen LogP contribution in [0.5, 0.6) is 5.75 Å². The van der Waals surface area contributed by atoms with Gasteiger partial charge in [0.05, 0.1) is 12.1 Å². The average Bonchev–Trinajstić information content (AvgIpc) is 2.92. The van der Waals surface area contributed by atoms with Gasteiger partial charge < -0.3 is 14.6 Å². The highest BCUT2D eigenvalue weighted by molar-refractivity contribution is 6.00. The van der Waals surface area contributed by atoms with E-state index < -0.39 is 0 Å². The molecule has 0 unspecified atom stereocenters. The normalized spacial score (nSPS) is 10.9. The van der Waals surface area contributed by atoms with Crippen molar-refractivity contribution in [2.45, 2.75) is 53.0 Å². The molecule has 0 aliphatic carbocycles. The first-order valence-electron chi connectivity index (χ1n) is 8.76. The molecule has 0 aliphatic heterocycles. The molecule has 4 heteroatoms. The summed E-state index contributed by atoms with van der Waals surface area (Å²) in [6.07, 6.45) is 4.32. The van der Waals surface area contributed by atoms with Gasteiger partial charge in [0, 0.05) is 18.5 Å². The summed E-state index contributed by atoms with van der Waals surface area (Å²) in [5.41, 5.74) is 1.79. The molecule has 0 bridgehead atoms. The van der Waals surface area contributed by atoms with E-state index in [9.17, 15) is 4.79 Å². The lowest BCUT2D eigenvalue weighted by Crippen LogP contribution is -2.26. The number of carbonyl (C=O) groups is 1. The number of unbranched alkanes of at least 4 members (excludes halogenated alkanes) is 2. The summed E-state index contributed by atoms with van der Waals surface area (Å²) in [6, 6.07) is 7.97. The minimum Gasteiger partial charge on any atom is -0.493 e. The zero-order valence-corrected chi connectivity index (χ0v) is 14.5. The van der Waals surface area contributed by atoms with Crippen LogP contribution in [0.25, 0.3) is 10.9 Å². The molecule has 1 aromatic carbocycles. The van der Waals surface area contributed by atoms with E-state index in [1.165, 1.54) is 0 Å². The van der Waals surface area contributed by atoms with Gasteiger partial charge in [0.2, 0.25) is 0 Å². The van der Waals surface area contributed by atoms with E-state index in [2.05, 4.69) is 29.8 Å². The Morgan fingerprint density at radius 3 is 2.70 bits per heavy atom. The number of rotatable bonds is 9. The number of nitrogens with one attached hydrogen (secondary N) is 1. The molecule has 1 aromatic heterocycles. The summed E-state index contributed by atoms with van der Waals surface area (Å²) in [5.74, 6) is 0.855. The first-order chi connectivity index (χ1) is 11.2. The number of ether oxygens (including phenoxy) is 1. The van der Waals surface area contributed by atoms with Crippen molar-refractivity contribution in [2.75, 3.05) is 13.2 Å². The van der Waals surface area contributed by atoms with Crippen LogP contribution < -0.4 is 10.1 Å². The van der Waals surface area contributed by atoms with Crippen molar-refractivity contribution in [1.29, 1.82) is 0 Å². The van der Waals surface area contributed by atoms with Crippen molar-refractivity contribution in [3.63, 3.8) is 0 Å². The molecule has 1 amide bonds. The van der Waals surface area contributed by atoms with Gasteiger partial charge in [0.15, 0.2) is 0 Å². The molecule has 1 heterocycles. The van der Waals surface area contributed by atoms with Crippen LogP contribution in [0.3, 0.4) is 0 Å². The number of fused-ring (bicyclic) bond motifs is 1. The predicted octanol–water partition coefficient (Wildman–Crippen LogP) is 4.37. The molecule has 4 nitrogen and oxygen atoms in total. The zero-order chi connectivity index (χ0) is 16.7. The monoisotopic (exact) mass is 316 g/mol.